The number of nitrogens with zero attached hydrogens (tertiary/aromatic N) is 2. The SMILES string of the molecule is COc1ccc(-c2cn(C)c(=O)c3cc(CN4CCOC[C@H]4C)sc23)cc1OC. The number of benzene rings is 1. The highest BCUT2D eigenvalue weighted by molar-refractivity contribution is 7.19. The molecule has 2 aromatic heterocycles. The molecular weight excluding hydrogens is 388 g/mol. The van der Waals surface area contributed by atoms with Crippen LogP contribution < -0.4 is 15.0 Å². The second-order valence-electron chi connectivity index (χ2n) is 7.38. The number of morpholine rings is 1. The first-order valence-electron chi connectivity index (χ1n) is 9.68. The average Bonchev–Trinajstić information content (AvgIpc) is 3.16. The lowest BCUT2D eigenvalue weighted by molar-refractivity contribution is -0.00390. The van der Waals surface area contributed by atoms with Gasteiger partial charge in [0, 0.05) is 47.5 Å². The number of methoxy groups -OCH3 is 2. The van der Waals surface area contributed by atoms with Crippen molar-refractivity contribution in [2.24, 2.45) is 7.05 Å². The fraction of sp³-hybridized carbons (Fsp3) is 0.409. The minimum absolute atomic E-state index is 0.0294. The van der Waals surface area contributed by atoms with Crippen LogP contribution >= 0.6 is 11.3 Å². The maximum Gasteiger partial charge on any atom is 0.259 e. The molecule has 3 heterocycles. The van der Waals surface area contributed by atoms with Gasteiger partial charge in [0.05, 0.1) is 32.8 Å². The number of rotatable bonds is 5. The topological polar surface area (TPSA) is 52.9 Å². The normalized spacial score (nSPS) is 17.6. The van der Waals surface area contributed by atoms with E-state index in [1.54, 1.807) is 37.2 Å². The van der Waals surface area contributed by atoms with Crippen molar-refractivity contribution in [3.63, 3.8) is 0 Å². The Balaban J connectivity index is 1.79. The summed E-state index contributed by atoms with van der Waals surface area (Å²) in [4.78, 5) is 16.4. The van der Waals surface area contributed by atoms with Crippen LogP contribution in [0.1, 0.15) is 11.8 Å². The summed E-state index contributed by atoms with van der Waals surface area (Å²) in [6.45, 7) is 5.44. The molecule has 1 fully saturated rings. The van der Waals surface area contributed by atoms with E-state index in [1.807, 2.05) is 24.4 Å². The van der Waals surface area contributed by atoms with Gasteiger partial charge in [-0.1, -0.05) is 6.07 Å². The Hall–Kier alpha value is -2.35. The maximum absolute atomic E-state index is 12.8. The first-order chi connectivity index (χ1) is 14.0. The van der Waals surface area contributed by atoms with Gasteiger partial charge in [0.25, 0.3) is 5.56 Å². The number of fused-ring (bicyclic) bond motifs is 1. The molecule has 4 rings (SSSR count). The predicted molar refractivity (Wildman–Crippen MR) is 116 cm³/mol. The highest BCUT2D eigenvalue weighted by atomic mass is 32.1. The van der Waals surface area contributed by atoms with Gasteiger partial charge >= 0.3 is 0 Å². The van der Waals surface area contributed by atoms with Crippen molar-refractivity contribution < 1.29 is 14.2 Å². The molecule has 1 aliphatic heterocycles. The lowest BCUT2D eigenvalue weighted by atomic mass is 10.1. The Labute approximate surface area is 174 Å². The number of ether oxygens (including phenoxy) is 3. The zero-order valence-corrected chi connectivity index (χ0v) is 18.0. The van der Waals surface area contributed by atoms with Crippen molar-refractivity contribution >= 4 is 21.4 Å². The van der Waals surface area contributed by atoms with Crippen LogP contribution in [0.15, 0.2) is 35.3 Å². The smallest absolute Gasteiger partial charge is 0.259 e. The summed E-state index contributed by atoms with van der Waals surface area (Å²) in [7, 11) is 5.05. The molecule has 1 atom stereocenters. The Morgan fingerprint density at radius 3 is 2.72 bits per heavy atom. The van der Waals surface area contributed by atoms with Crippen molar-refractivity contribution in [2.75, 3.05) is 34.0 Å². The number of aryl methyl sites for hydroxylation is 1. The zero-order valence-electron chi connectivity index (χ0n) is 17.2. The third-order valence-electron chi connectivity index (χ3n) is 5.46. The summed E-state index contributed by atoms with van der Waals surface area (Å²) in [5.41, 5.74) is 2.05. The Bertz CT molecular complexity index is 1090. The highest BCUT2D eigenvalue weighted by Gasteiger charge is 2.21. The molecule has 29 heavy (non-hydrogen) atoms. The second-order valence-corrected chi connectivity index (χ2v) is 8.52. The molecule has 3 aromatic rings. The molecule has 0 aliphatic carbocycles. The predicted octanol–water partition coefficient (Wildman–Crippen LogP) is 3.50. The number of pyridine rings is 1. The van der Waals surface area contributed by atoms with Gasteiger partial charge < -0.3 is 18.8 Å². The highest BCUT2D eigenvalue weighted by Crippen LogP contribution is 2.37. The van der Waals surface area contributed by atoms with E-state index < -0.39 is 0 Å². The van der Waals surface area contributed by atoms with Crippen LogP contribution in [0.4, 0.5) is 0 Å². The summed E-state index contributed by atoms with van der Waals surface area (Å²) in [6.07, 6.45) is 1.91. The summed E-state index contributed by atoms with van der Waals surface area (Å²) in [5, 5.41) is 0.765. The van der Waals surface area contributed by atoms with Gasteiger partial charge in [-0.25, -0.2) is 0 Å². The van der Waals surface area contributed by atoms with Gasteiger partial charge in [-0.05, 0) is 30.7 Å². The molecule has 1 saturated heterocycles. The van der Waals surface area contributed by atoms with Gasteiger partial charge in [0.2, 0.25) is 0 Å². The first kappa shape index (κ1) is 19.9. The molecule has 6 nitrogen and oxygen atoms in total. The molecular formula is C22H26N2O4S. The van der Waals surface area contributed by atoms with Crippen LogP contribution in [-0.4, -0.2) is 49.5 Å². The van der Waals surface area contributed by atoms with E-state index >= 15 is 0 Å². The van der Waals surface area contributed by atoms with Crippen LogP contribution in [0.2, 0.25) is 0 Å². The van der Waals surface area contributed by atoms with E-state index in [4.69, 9.17) is 14.2 Å². The molecule has 0 bridgehead atoms. The quantitative estimate of drug-likeness (QED) is 0.640. The van der Waals surface area contributed by atoms with Crippen molar-refractivity contribution in [2.45, 2.75) is 19.5 Å². The third kappa shape index (κ3) is 3.77. The van der Waals surface area contributed by atoms with Gasteiger partial charge in [0.15, 0.2) is 11.5 Å². The molecule has 154 valence electrons. The molecule has 0 unspecified atom stereocenters. The number of aromatic nitrogens is 1. The van der Waals surface area contributed by atoms with Gasteiger partial charge in [-0.15, -0.1) is 11.3 Å². The minimum Gasteiger partial charge on any atom is -0.493 e. The second kappa shape index (κ2) is 8.18. The summed E-state index contributed by atoms with van der Waals surface area (Å²) >= 11 is 1.69. The van der Waals surface area contributed by atoms with Crippen LogP contribution in [0.5, 0.6) is 11.5 Å². The first-order valence-corrected chi connectivity index (χ1v) is 10.5. The summed E-state index contributed by atoms with van der Waals surface area (Å²) in [5.74, 6) is 1.36. The monoisotopic (exact) mass is 414 g/mol. The number of thiophene rings is 1. The summed E-state index contributed by atoms with van der Waals surface area (Å²) < 4.78 is 19.0. The van der Waals surface area contributed by atoms with E-state index in [2.05, 4.69) is 17.9 Å². The zero-order chi connectivity index (χ0) is 20.5. The molecule has 7 heteroatoms. The van der Waals surface area contributed by atoms with Gasteiger partial charge in [-0.2, -0.15) is 0 Å². The van der Waals surface area contributed by atoms with E-state index in [9.17, 15) is 4.79 Å². The fourth-order valence-corrected chi connectivity index (χ4v) is 4.99. The lowest BCUT2D eigenvalue weighted by Gasteiger charge is -2.32. The summed E-state index contributed by atoms with van der Waals surface area (Å²) in [6, 6.07) is 8.29. The van der Waals surface area contributed by atoms with E-state index in [0.29, 0.717) is 17.5 Å². The Morgan fingerprint density at radius 2 is 2.00 bits per heavy atom. The maximum atomic E-state index is 12.8. The lowest BCUT2D eigenvalue weighted by Crippen LogP contribution is -2.42. The van der Waals surface area contributed by atoms with Crippen molar-refractivity contribution in [1.29, 1.82) is 0 Å². The molecule has 1 aromatic carbocycles. The van der Waals surface area contributed by atoms with E-state index in [0.717, 1.165) is 47.5 Å². The van der Waals surface area contributed by atoms with Crippen LogP contribution in [0, 0.1) is 0 Å². The van der Waals surface area contributed by atoms with E-state index in [-0.39, 0.29) is 5.56 Å². The Morgan fingerprint density at radius 1 is 1.21 bits per heavy atom. The number of hydrogen-bond acceptors (Lipinski definition) is 6. The largest absolute Gasteiger partial charge is 0.493 e. The van der Waals surface area contributed by atoms with Crippen molar-refractivity contribution in [3.05, 3.63) is 45.7 Å². The molecule has 0 N–H and O–H groups in total. The molecule has 0 radical (unpaired) electrons. The molecule has 1 aliphatic rings. The standard InChI is InChI=1S/C22H26N2O4S/c1-14-13-28-8-7-24(14)11-16-10-17-21(29-16)18(12-23(2)22(17)25)15-5-6-19(26-3)20(9-15)27-4/h5-6,9-10,12,14H,7-8,11,13H2,1-4H3/t14-/m1/s1. The molecule has 0 amide bonds. The Kier molecular flexibility index (Phi) is 5.63. The van der Waals surface area contributed by atoms with E-state index in [1.165, 1.54) is 4.88 Å². The minimum atomic E-state index is 0.0294. The average molecular weight is 415 g/mol. The van der Waals surface area contributed by atoms with Crippen LogP contribution in [0.3, 0.4) is 0 Å². The van der Waals surface area contributed by atoms with Crippen molar-refractivity contribution in [1.82, 2.24) is 9.47 Å². The van der Waals surface area contributed by atoms with Gasteiger partial charge in [0.1, 0.15) is 0 Å². The third-order valence-corrected chi connectivity index (χ3v) is 6.61. The number of hydrogen-bond donors (Lipinski definition) is 0. The molecule has 0 spiro atoms. The van der Waals surface area contributed by atoms with Crippen LogP contribution in [-0.2, 0) is 18.3 Å². The van der Waals surface area contributed by atoms with Gasteiger partial charge in [-0.3, -0.25) is 9.69 Å². The molecule has 0 saturated carbocycles. The fourth-order valence-electron chi connectivity index (χ4n) is 3.79. The van der Waals surface area contributed by atoms with Crippen LogP contribution in [0.25, 0.3) is 21.2 Å². The van der Waals surface area contributed by atoms with Crippen molar-refractivity contribution in [3.8, 4) is 22.6 Å².